The van der Waals surface area contributed by atoms with Crippen LogP contribution in [-0.2, 0) is 4.74 Å². The summed E-state index contributed by atoms with van der Waals surface area (Å²) in [5, 5.41) is 4.19. The van der Waals surface area contributed by atoms with Crippen molar-refractivity contribution in [1.29, 1.82) is 0 Å². The normalized spacial score (nSPS) is 22.6. The molecule has 4 rings (SSSR count). The van der Waals surface area contributed by atoms with Gasteiger partial charge in [-0.25, -0.2) is 9.67 Å². The van der Waals surface area contributed by atoms with Crippen LogP contribution in [0.3, 0.4) is 0 Å². The Balaban J connectivity index is 1.50. The number of carbonyl (C=O) groups excluding carboxylic acids is 1. The summed E-state index contributed by atoms with van der Waals surface area (Å²) >= 11 is 0. The number of rotatable bonds is 4. The third kappa shape index (κ3) is 3.86. The Hall–Kier alpha value is -2.51. The van der Waals surface area contributed by atoms with Gasteiger partial charge in [0, 0.05) is 26.2 Å². The van der Waals surface area contributed by atoms with Crippen LogP contribution in [-0.4, -0.2) is 75.4 Å². The maximum atomic E-state index is 13.3. The number of allylic oxidation sites excluding steroid dienone is 1. The van der Waals surface area contributed by atoms with E-state index in [0.29, 0.717) is 25.3 Å². The number of hydrogen-bond acceptors (Lipinski definition) is 5. The SMILES string of the molecule is CC(C)=CCN1CCC2(C1)CN(C(=O)c1ccccc1-n1cncn1)CCO2. The van der Waals surface area contributed by atoms with Crippen molar-refractivity contribution in [3.63, 3.8) is 0 Å². The van der Waals surface area contributed by atoms with Crippen molar-refractivity contribution >= 4 is 5.91 Å². The average molecular weight is 381 g/mol. The predicted octanol–water partition coefficient (Wildman–Crippen LogP) is 2.15. The number of carbonyl (C=O) groups is 1. The number of ether oxygens (including phenoxy) is 1. The van der Waals surface area contributed by atoms with Gasteiger partial charge in [0.25, 0.3) is 5.91 Å². The van der Waals surface area contributed by atoms with Crippen molar-refractivity contribution < 1.29 is 9.53 Å². The van der Waals surface area contributed by atoms with Gasteiger partial charge >= 0.3 is 0 Å². The molecule has 2 aliphatic heterocycles. The van der Waals surface area contributed by atoms with E-state index < -0.39 is 0 Å². The second-order valence-corrected chi connectivity index (χ2v) is 7.88. The molecule has 1 atom stereocenters. The number of amides is 1. The molecule has 2 fully saturated rings. The standard InChI is InChI=1S/C21H27N5O2/c1-17(2)7-9-24-10-8-21(13-24)14-25(11-12-28-21)20(27)18-5-3-4-6-19(18)26-16-22-15-23-26/h3-7,15-16H,8-14H2,1-2H3. The molecule has 0 aliphatic carbocycles. The zero-order valence-corrected chi connectivity index (χ0v) is 16.5. The Kier molecular flexibility index (Phi) is 5.28. The molecule has 2 aliphatic rings. The largest absolute Gasteiger partial charge is 0.370 e. The first-order valence-corrected chi connectivity index (χ1v) is 9.79. The lowest BCUT2D eigenvalue weighted by Crippen LogP contribution is -2.55. The number of para-hydroxylation sites is 1. The third-order valence-electron chi connectivity index (χ3n) is 5.49. The Bertz CT molecular complexity index is 859. The molecule has 1 spiro atoms. The maximum Gasteiger partial charge on any atom is 0.256 e. The highest BCUT2D eigenvalue weighted by atomic mass is 16.5. The number of nitrogens with zero attached hydrogens (tertiary/aromatic N) is 5. The van der Waals surface area contributed by atoms with Crippen LogP contribution in [0.2, 0.25) is 0 Å². The molecular formula is C21H27N5O2. The summed E-state index contributed by atoms with van der Waals surface area (Å²) in [4.78, 5) is 21.7. The molecule has 0 bridgehead atoms. The van der Waals surface area contributed by atoms with Gasteiger partial charge in [-0.3, -0.25) is 9.69 Å². The van der Waals surface area contributed by atoms with E-state index in [4.69, 9.17) is 4.74 Å². The minimum Gasteiger partial charge on any atom is -0.370 e. The summed E-state index contributed by atoms with van der Waals surface area (Å²) in [6.07, 6.45) is 6.30. The molecule has 1 amide bonds. The molecule has 3 heterocycles. The second-order valence-electron chi connectivity index (χ2n) is 7.88. The fraction of sp³-hybridized carbons (Fsp3) is 0.476. The van der Waals surface area contributed by atoms with Gasteiger partial charge in [-0.15, -0.1) is 0 Å². The zero-order chi connectivity index (χ0) is 19.6. The molecule has 0 saturated carbocycles. The van der Waals surface area contributed by atoms with Crippen LogP contribution >= 0.6 is 0 Å². The van der Waals surface area contributed by atoms with Crippen LogP contribution in [0, 0.1) is 0 Å². The molecule has 7 heteroatoms. The minimum atomic E-state index is -0.258. The topological polar surface area (TPSA) is 63.5 Å². The van der Waals surface area contributed by atoms with Gasteiger partial charge in [0.05, 0.1) is 30.0 Å². The highest BCUT2D eigenvalue weighted by molar-refractivity contribution is 5.97. The van der Waals surface area contributed by atoms with Gasteiger partial charge in [0.1, 0.15) is 12.7 Å². The van der Waals surface area contributed by atoms with Crippen molar-refractivity contribution in [2.45, 2.75) is 25.9 Å². The Morgan fingerprint density at radius 1 is 1.25 bits per heavy atom. The van der Waals surface area contributed by atoms with Crippen molar-refractivity contribution in [3.8, 4) is 5.69 Å². The monoisotopic (exact) mass is 381 g/mol. The molecule has 0 N–H and O–H groups in total. The molecule has 2 aromatic rings. The fourth-order valence-electron chi connectivity index (χ4n) is 4.02. The summed E-state index contributed by atoms with van der Waals surface area (Å²) < 4.78 is 7.84. The molecule has 1 unspecified atom stereocenters. The van der Waals surface area contributed by atoms with E-state index >= 15 is 0 Å². The van der Waals surface area contributed by atoms with Crippen LogP contribution in [0.1, 0.15) is 30.6 Å². The first-order valence-electron chi connectivity index (χ1n) is 9.79. The van der Waals surface area contributed by atoms with E-state index in [1.165, 1.54) is 11.9 Å². The van der Waals surface area contributed by atoms with Crippen LogP contribution in [0.5, 0.6) is 0 Å². The van der Waals surface area contributed by atoms with E-state index in [0.717, 1.165) is 31.7 Å². The number of hydrogen-bond donors (Lipinski definition) is 0. The molecule has 7 nitrogen and oxygen atoms in total. The summed E-state index contributed by atoms with van der Waals surface area (Å²) in [6.45, 7) is 8.87. The third-order valence-corrected chi connectivity index (χ3v) is 5.49. The molecule has 1 aromatic carbocycles. The van der Waals surface area contributed by atoms with Crippen molar-refractivity contribution in [3.05, 3.63) is 54.1 Å². The van der Waals surface area contributed by atoms with E-state index in [-0.39, 0.29) is 11.5 Å². The van der Waals surface area contributed by atoms with E-state index in [1.54, 1.807) is 11.0 Å². The van der Waals surface area contributed by atoms with Crippen molar-refractivity contribution in [2.24, 2.45) is 0 Å². The van der Waals surface area contributed by atoms with Gasteiger partial charge in [-0.05, 0) is 32.4 Å². The Labute approximate surface area is 165 Å². The van der Waals surface area contributed by atoms with Gasteiger partial charge < -0.3 is 9.64 Å². The lowest BCUT2D eigenvalue weighted by Gasteiger charge is -2.40. The smallest absolute Gasteiger partial charge is 0.256 e. The first kappa shape index (κ1) is 18.8. The summed E-state index contributed by atoms with van der Waals surface area (Å²) in [5.41, 5.74) is 2.46. The van der Waals surface area contributed by atoms with Gasteiger partial charge in [-0.1, -0.05) is 23.8 Å². The van der Waals surface area contributed by atoms with Gasteiger partial charge in [0.15, 0.2) is 0 Å². The van der Waals surface area contributed by atoms with Gasteiger partial charge in [0.2, 0.25) is 0 Å². The molecular weight excluding hydrogens is 354 g/mol. The minimum absolute atomic E-state index is 0.0246. The van der Waals surface area contributed by atoms with Gasteiger partial charge in [-0.2, -0.15) is 5.10 Å². The highest BCUT2D eigenvalue weighted by Gasteiger charge is 2.43. The fourth-order valence-corrected chi connectivity index (χ4v) is 4.02. The van der Waals surface area contributed by atoms with Crippen LogP contribution < -0.4 is 0 Å². The number of benzene rings is 1. The highest BCUT2D eigenvalue weighted by Crippen LogP contribution is 2.30. The number of likely N-dealkylation sites (tertiary alicyclic amines) is 1. The molecule has 2 saturated heterocycles. The quantitative estimate of drug-likeness (QED) is 0.760. The van der Waals surface area contributed by atoms with E-state index in [1.807, 2.05) is 29.2 Å². The maximum absolute atomic E-state index is 13.3. The lowest BCUT2D eigenvalue weighted by atomic mass is 9.99. The molecule has 28 heavy (non-hydrogen) atoms. The molecule has 0 radical (unpaired) electrons. The zero-order valence-electron chi connectivity index (χ0n) is 16.5. The Morgan fingerprint density at radius 3 is 2.89 bits per heavy atom. The summed E-state index contributed by atoms with van der Waals surface area (Å²) in [5.74, 6) is 0.0246. The summed E-state index contributed by atoms with van der Waals surface area (Å²) in [6, 6.07) is 7.55. The predicted molar refractivity (Wildman–Crippen MR) is 106 cm³/mol. The second kappa shape index (κ2) is 7.85. The summed E-state index contributed by atoms with van der Waals surface area (Å²) in [7, 11) is 0. The van der Waals surface area contributed by atoms with Crippen molar-refractivity contribution in [1.82, 2.24) is 24.6 Å². The molecule has 148 valence electrons. The lowest BCUT2D eigenvalue weighted by molar-refractivity contribution is -0.0913. The van der Waals surface area contributed by atoms with E-state index in [2.05, 4.69) is 34.9 Å². The Morgan fingerprint density at radius 2 is 2.11 bits per heavy atom. The van der Waals surface area contributed by atoms with Crippen LogP contribution in [0.15, 0.2) is 48.6 Å². The first-order chi connectivity index (χ1) is 13.6. The van der Waals surface area contributed by atoms with Crippen molar-refractivity contribution in [2.75, 3.05) is 39.3 Å². The van der Waals surface area contributed by atoms with E-state index in [9.17, 15) is 4.79 Å². The number of morpholine rings is 1. The number of aromatic nitrogens is 3. The average Bonchev–Trinajstić information content (AvgIpc) is 3.36. The van der Waals surface area contributed by atoms with Crippen LogP contribution in [0.4, 0.5) is 0 Å². The molecule has 1 aromatic heterocycles. The van der Waals surface area contributed by atoms with Crippen LogP contribution in [0.25, 0.3) is 5.69 Å².